The standard InChI is InChI=1S/C24H22FN7O2.C24H20FN7O.C22H20FN7O3S/c1-14(33)28-16-5-3-8-31(13-16)21-7-9-32(30-21)20-10-18(29-19-12-27-24(34)23(19)20)22-15(11-26)4-2-6-17(22)25;1-24(13-27)7-3-8-31(14-24)20-6-9-32(30-20)19-10-17(29-18-12-28-23(33)22(18)19)21-15(11-26)4-2-5-16(21)25;1-34(32,33)28-14-5-7-29(12-14)19-6-8-30(27-19)18-9-16(26-17-11-25-22(31)21(17)18)20-13(10-24)3-2-4-15(20)23/h2,4,6-7,9-10,16H,3,5,8,12-13H2,1H3,(H,27,34)(H,28,33);2,4-6,9-10H,3,7-8,12,14H2,1H3,(H,28,33);2-4,6,8-9,14,28H,5,7,11-12H2,1H3,(H,25,31)/t;;14-/m..1/s1. The molecule has 6 aliphatic heterocycles. The van der Waals surface area contributed by atoms with Gasteiger partial charge in [0.2, 0.25) is 15.9 Å². The van der Waals surface area contributed by atoms with E-state index in [1.807, 2.05) is 42.2 Å². The van der Waals surface area contributed by atoms with E-state index in [9.17, 15) is 61.8 Å². The van der Waals surface area contributed by atoms with Crippen molar-refractivity contribution in [3.05, 3.63) is 178 Å². The van der Waals surface area contributed by atoms with Gasteiger partial charge < -0.3 is 36.0 Å². The second-order valence-electron chi connectivity index (χ2n) is 25.3. The van der Waals surface area contributed by atoms with Gasteiger partial charge in [-0.05, 0) is 93.6 Å². The molecule has 4 amide bonds. The lowest BCUT2D eigenvalue weighted by molar-refractivity contribution is -0.119. The highest BCUT2D eigenvalue weighted by Gasteiger charge is 2.36. The number of hydrogen-bond acceptors (Lipinski definition) is 19. The number of carbonyl (C=O) groups excluding carboxylic acids is 4. The predicted molar refractivity (Wildman–Crippen MR) is 361 cm³/mol. The summed E-state index contributed by atoms with van der Waals surface area (Å²) in [4.78, 5) is 68.7. The maximum Gasteiger partial charge on any atom is 0.255 e. The molecule has 5 N–H and O–H groups in total. The summed E-state index contributed by atoms with van der Waals surface area (Å²) in [5.74, 6) is -0.608. The van der Waals surface area contributed by atoms with Crippen molar-refractivity contribution in [1.82, 2.24) is 70.3 Å². The Morgan fingerprint density at radius 3 is 1.35 bits per heavy atom. The number of benzene rings is 3. The lowest BCUT2D eigenvalue weighted by Crippen LogP contribution is -2.47. The van der Waals surface area contributed by atoms with E-state index in [1.165, 1.54) is 66.2 Å². The molecule has 15 rings (SSSR count). The van der Waals surface area contributed by atoms with Crippen molar-refractivity contribution >= 4 is 51.1 Å². The molecule has 2 unspecified atom stereocenters. The number of anilines is 3. The van der Waals surface area contributed by atoms with Crippen LogP contribution >= 0.6 is 0 Å². The SMILES string of the molecule is CC(=O)NC1CCCN(c2ccn(-c3cc(-c4c(F)cccc4C#N)nc4c3C(=O)NC4)n2)C1.CC1(C#N)CCCN(c2ccn(-c3cc(-c4c(F)cccc4C#N)nc4c3C(=O)NC4)n2)C1.CS(=O)(=O)N[C@@H]1CCN(c2ccn(-c3cc(-c4c(F)cccc4C#N)nc4c3C(=O)NC4)n2)C1. The number of piperidine rings is 2. The summed E-state index contributed by atoms with van der Waals surface area (Å²) in [5.41, 5.74) is 4.87. The maximum absolute atomic E-state index is 14.7. The minimum absolute atomic E-state index is 0.0458. The quantitative estimate of drug-likeness (QED) is 0.0827. The summed E-state index contributed by atoms with van der Waals surface area (Å²) in [7, 11) is -3.31. The highest BCUT2D eigenvalue weighted by Crippen LogP contribution is 2.37. The van der Waals surface area contributed by atoms with E-state index in [0.29, 0.717) is 101 Å². The molecule has 0 spiro atoms. The number of fused-ring (bicyclic) bond motifs is 3. The van der Waals surface area contributed by atoms with Crippen LogP contribution in [0.3, 0.4) is 0 Å². The molecule has 101 heavy (non-hydrogen) atoms. The molecule has 3 fully saturated rings. The van der Waals surface area contributed by atoms with Crippen LogP contribution in [0.15, 0.2) is 110 Å². The van der Waals surface area contributed by atoms with Crippen molar-refractivity contribution in [3.63, 3.8) is 0 Å². The molecule has 6 aliphatic rings. The van der Waals surface area contributed by atoms with Gasteiger partial charge in [0.1, 0.15) is 17.5 Å². The lowest BCUT2D eigenvalue weighted by atomic mass is 9.83. The number of amides is 4. The maximum atomic E-state index is 14.7. The average molecular weight is 1380 g/mol. The molecule has 3 aromatic carbocycles. The Balaban J connectivity index is 0.000000135. The van der Waals surface area contributed by atoms with Crippen molar-refractivity contribution in [2.75, 3.05) is 60.2 Å². The molecule has 3 saturated heterocycles. The molecule has 12 heterocycles. The van der Waals surface area contributed by atoms with Crippen molar-refractivity contribution in [1.29, 1.82) is 21.0 Å². The van der Waals surface area contributed by atoms with Gasteiger partial charge in [-0.1, -0.05) is 18.2 Å². The van der Waals surface area contributed by atoms with Gasteiger partial charge in [0.15, 0.2) is 17.5 Å². The minimum atomic E-state index is -3.31. The van der Waals surface area contributed by atoms with Crippen LogP contribution < -0.4 is 40.7 Å². The number of carbonyl (C=O) groups is 4. The van der Waals surface area contributed by atoms with Crippen LogP contribution in [-0.2, 0) is 34.5 Å². The molecule has 6 aromatic heterocycles. The second kappa shape index (κ2) is 27.5. The third kappa shape index (κ3) is 13.7. The molecule has 3 atom stereocenters. The van der Waals surface area contributed by atoms with Gasteiger partial charge in [-0.25, -0.2) is 55.3 Å². The molecule has 0 bridgehead atoms. The monoisotopic (exact) mass is 1380 g/mol. The molecule has 31 heteroatoms. The van der Waals surface area contributed by atoms with Crippen molar-refractivity contribution < 1.29 is 40.8 Å². The van der Waals surface area contributed by atoms with Gasteiger partial charge in [0.05, 0.1) is 157 Å². The average Bonchev–Trinajstić information content (AvgIpc) is 1.70. The predicted octanol–water partition coefficient (Wildman–Crippen LogP) is 6.93. The fraction of sp³-hybridized carbons (Fsp3) is 0.286. The van der Waals surface area contributed by atoms with Crippen molar-refractivity contribution in [3.8, 4) is 75.1 Å². The number of sulfonamides is 1. The van der Waals surface area contributed by atoms with E-state index < -0.39 is 32.9 Å². The Hall–Kier alpha value is -12.3. The molecule has 27 nitrogen and oxygen atoms in total. The summed E-state index contributed by atoms with van der Waals surface area (Å²) in [5, 5.41) is 63.2. The van der Waals surface area contributed by atoms with Crippen LogP contribution in [0.25, 0.3) is 50.8 Å². The first-order valence-corrected chi connectivity index (χ1v) is 34.1. The van der Waals surface area contributed by atoms with Crippen LogP contribution in [0, 0.1) is 68.2 Å². The first kappa shape index (κ1) is 67.3. The smallest absolute Gasteiger partial charge is 0.255 e. The highest BCUT2D eigenvalue weighted by atomic mass is 32.2. The Morgan fingerprint density at radius 2 is 0.950 bits per heavy atom. The molecule has 0 aliphatic carbocycles. The number of nitrogens with zero attached hydrogens (tertiary/aromatic N) is 16. The van der Waals surface area contributed by atoms with Crippen LogP contribution in [-0.4, -0.2) is 134 Å². The fourth-order valence-corrected chi connectivity index (χ4v) is 14.3. The van der Waals surface area contributed by atoms with Gasteiger partial charge in [0, 0.05) is 95.1 Å². The van der Waals surface area contributed by atoms with Gasteiger partial charge in [0.25, 0.3) is 17.7 Å². The molecule has 0 saturated carbocycles. The first-order chi connectivity index (χ1) is 48.6. The fourth-order valence-electron chi connectivity index (χ4n) is 13.5. The lowest BCUT2D eigenvalue weighted by Gasteiger charge is -2.36. The number of rotatable bonds is 12. The summed E-state index contributed by atoms with van der Waals surface area (Å²) in [6, 6.07) is 31.2. The zero-order chi connectivity index (χ0) is 71.0. The van der Waals surface area contributed by atoms with Gasteiger partial charge in [-0.2, -0.15) is 36.3 Å². The Kier molecular flexibility index (Phi) is 18.3. The topological polar surface area (TPSA) is 360 Å². The summed E-state index contributed by atoms with van der Waals surface area (Å²) in [6.45, 7) is 7.94. The number of nitriles is 4. The number of halogens is 3. The third-order valence-corrected chi connectivity index (χ3v) is 18.9. The largest absolute Gasteiger partial charge is 0.354 e. The zero-order valence-corrected chi connectivity index (χ0v) is 55.4. The van der Waals surface area contributed by atoms with Gasteiger partial charge in [-0.15, -0.1) is 0 Å². The Morgan fingerprint density at radius 1 is 0.554 bits per heavy atom. The van der Waals surface area contributed by atoms with Gasteiger partial charge >= 0.3 is 0 Å². The second-order valence-corrected chi connectivity index (χ2v) is 27.1. The Labute approximate surface area is 576 Å². The molecule has 9 aromatic rings. The van der Waals surface area contributed by atoms with Crippen LogP contribution in [0.1, 0.15) is 111 Å². The van der Waals surface area contributed by atoms with E-state index in [2.05, 4.69) is 67.0 Å². The van der Waals surface area contributed by atoms with Crippen LogP contribution in [0.5, 0.6) is 0 Å². The normalized spacial score (nSPS) is 18.0. The minimum Gasteiger partial charge on any atom is -0.354 e. The van der Waals surface area contributed by atoms with E-state index in [4.69, 9.17) is 5.10 Å². The first-order valence-electron chi connectivity index (χ1n) is 32.2. The van der Waals surface area contributed by atoms with Crippen molar-refractivity contribution in [2.24, 2.45) is 5.41 Å². The summed E-state index contributed by atoms with van der Waals surface area (Å²) >= 11 is 0. The number of aromatic nitrogens is 9. The van der Waals surface area contributed by atoms with E-state index in [0.717, 1.165) is 45.0 Å². The Bertz CT molecular complexity index is 5180. The third-order valence-electron chi connectivity index (χ3n) is 18.1. The van der Waals surface area contributed by atoms with Gasteiger partial charge in [-0.3, -0.25) is 19.2 Å². The number of hydrogen-bond donors (Lipinski definition) is 5. The molecular weight excluding hydrogens is 1320 g/mol. The zero-order valence-electron chi connectivity index (χ0n) is 54.6. The van der Waals surface area contributed by atoms with Crippen LogP contribution in [0.2, 0.25) is 0 Å². The number of nitrogens with one attached hydrogen (secondary N) is 5. The van der Waals surface area contributed by atoms with Crippen molar-refractivity contribution in [2.45, 2.75) is 77.7 Å². The molecular formula is C70H62F3N21O6S. The van der Waals surface area contributed by atoms with Crippen LogP contribution in [0.4, 0.5) is 30.6 Å². The van der Waals surface area contributed by atoms with E-state index in [1.54, 1.807) is 52.2 Å². The van der Waals surface area contributed by atoms with E-state index >= 15 is 0 Å². The molecule has 0 radical (unpaired) electrons. The molecule has 510 valence electrons. The van der Waals surface area contributed by atoms with E-state index in [-0.39, 0.29) is 106 Å². The summed E-state index contributed by atoms with van der Waals surface area (Å²) < 4.78 is 74.5. The number of pyridine rings is 3. The highest BCUT2D eigenvalue weighted by molar-refractivity contribution is 7.88. The summed E-state index contributed by atoms with van der Waals surface area (Å²) in [6.07, 6.45) is 10.5.